The molecule has 3 heterocycles. The molecule has 0 aromatic carbocycles. The highest BCUT2D eigenvalue weighted by Crippen LogP contribution is 2.33. The van der Waals surface area contributed by atoms with Gasteiger partial charge in [-0.25, -0.2) is 4.98 Å². The van der Waals surface area contributed by atoms with Crippen molar-refractivity contribution in [2.24, 2.45) is 0 Å². The van der Waals surface area contributed by atoms with Gasteiger partial charge in [0.05, 0.1) is 18.4 Å². The third kappa shape index (κ3) is 2.93. The molecular weight excluding hydrogens is 327 g/mol. The average Bonchev–Trinajstić information content (AvgIpc) is 3.03. The van der Waals surface area contributed by atoms with Gasteiger partial charge in [-0.1, -0.05) is 0 Å². The number of H-pyrrole nitrogens is 1. The first-order chi connectivity index (χ1) is 9.93. The van der Waals surface area contributed by atoms with Gasteiger partial charge in [-0.05, 0) is 17.7 Å². The van der Waals surface area contributed by atoms with Crippen LogP contribution in [0.2, 0.25) is 5.28 Å². The number of alkyl halides is 3. The lowest BCUT2D eigenvalue weighted by Crippen LogP contribution is -2.04. The van der Waals surface area contributed by atoms with Gasteiger partial charge >= 0.3 is 6.18 Å². The number of hydrogen-bond acceptors (Lipinski definition) is 5. The number of aromatic amines is 1. The van der Waals surface area contributed by atoms with Gasteiger partial charge in [0.1, 0.15) is 5.52 Å². The van der Waals surface area contributed by atoms with E-state index < -0.39 is 11.7 Å². The maximum absolute atomic E-state index is 12.5. The highest BCUT2D eigenvalue weighted by molar-refractivity contribution is 7.10. The summed E-state index contributed by atoms with van der Waals surface area (Å²) >= 11 is 6.79. The maximum atomic E-state index is 12.5. The Labute approximate surface area is 125 Å². The number of anilines is 1. The molecule has 0 atom stereocenters. The molecule has 0 saturated heterocycles. The Bertz CT molecular complexity index is 782. The molecule has 0 unspecified atom stereocenters. The van der Waals surface area contributed by atoms with Crippen molar-refractivity contribution in [1.29, 1.82) is 0 Å². The van der Waals surface area contributed by atoms with Crippen LogP contribution in [0.15, 0.2) is 17.8 Å². The molecule has 0 aliphatic rings. The maximum Gasteiger partial charge on any atom is 0.417 e. The lowest BCUT2D eigenvalue weighted by molar-refractivity contribution is -0.137. The fourth-order valence-corrected chi connectivity index (χ4v) is 2.72. The molecule has 0 aliphatic carbocycles. The fraction of sp³-hybridized carbons (Fsp3) is 0.182. The molecule has 110 valence electrons. The van der Waals surface area contributed by atoms with E-state index in [1.54, 1.807) is 0 Å². The molecule has 10 heteroatoms. The minimum absolute atomic E-state index is 0.0132. The first-order valence-corrected chi connectivity index (χ1v) is 6.94. The van der Waals surface area contributed by atoms with E-state index in [4.69, 9.17) is 11.6 Å². The van der Waals surface area contributed by atoms with E-state index in [0.717, 1.165) is 22.8 Å². The van der Waals surface area contributed by atoms with Crippen LogP contribution in [-0.2, 0) is 12.7 Å². The lowest BCUT2D eigenvalue weighted by atomic mass is 10.3. The first kappa shape index (κ1) is 14.1. The molecule has 0 amide bonds. The molecule has 3 rings (SSSR count). The fourth-order valence-electron chi connectivity index (χ4n) is 1.73. The number of nitrogens with one attached hydrogen (secondary N) is 2. The minimum atomic E-state index is -4.33. The van der Waals surface area contributed by atoms with E-state index in [1.807, 2.05) is 0 Å². The molecular formula is C11H7ClF3N5S. The number of halogens is 4. The zero-order valence-electron chi connectivity index (χ0n) is 10.2. The van der Waals surface area contributed by atoms with Crippen molar-refractivity contribution in [3.63, 3.8) is 0 Å². The average molecular weight is 334 g/mol. The van der Waals surface area contributed by atoms with Crippen molar-refractivity contribution < 1.29 is 13.2 Å². The topological polar surface area (TPSA) is 66.5 Å². The van der Waals surface area contributed by atoms with Gasteiger partial charge in [0.2, 0.25) is 5.28 Å². The quantitative estimate of drug-likeness (QED) is 0.717. The Morgan fingerprint density at radius 2 is 2.14 bits per heavy atom. The molecule has 0 aliphatic heterocycles. The summed E-state index contributed by atoms with van der Waals surface area (Å²) < 4.78 is 37.6. The molecule has 0 saturated carbocycles. The van der Waals surface area contributed by atoms with Crippen LogP contribution in [0.5, 0.6) is 0 Å². The Kier molecular flexibility index (Phi) is 3.46. The Hall–Kier alpha value is -1.87. The van der Waals surface area contributed by atoms with Crippen LogP contribution in [0.4, 0.5) is 19.0 Å². The highest BCUT2D eigenvalue weighted by atomic mass is 35.5. The normalized spacial score (nSPS) is 12.0. The number of thiophene rings is 1. The van der Waals surface area contributed by atoms with Crippen molar-refractivity contribution >= 4 is 39.9 Å². The van der Waals surface area contributed by atoms with Crippen LogP contribution in [-0.4, -0.2) is 19.9 Å². The minimum Gasteiger partial charge on any atom is -0.363 e. The van der Waals surface area contributed by atoms with Gasteiger partial charge in [-0.15, -0.1) is 11.3 Å². The molecule has 5 nitrogen and oxygen atoms in total. The number of nitrogens with zero attached hydrogens (tertiary/aromatic N) is 3. The second-order valence-electron chi connectivity index (χ2n) is 4.10. The van der Waals surface area contributed by atoms with Crippen molar-refractivity contribution in [2.45, 2.75) is 12.7 Å². The summed E-state index contributed by atoms with van der Waals surface area (Å²) in [5.41, 5.74) is 0.281. The van der Waals surface area contributed by atoms with Gasteiger partial charge in [-0.3, -0.25) is 0 Å². The summed E-state index contributed by atoms with van der Waals surface area (Å²) in [5.74, 6) is 0.393. The standard InChI is InChI=1S/C11H7ClF3N5S/c12-10-19-8(7-9(20-10)18-4-17-7)16-2-6-1-5(3-21-6)11(13,14)15/h1,3-4H,2H2,(H2,16,17,18,19,20). The van der Waals surface area contributed by atoms with Crippen molar-refractivity contribution in [3.05, 3.63) is 33.5 Å². The van der Waals surface area contributed by atoms with Crippen molar-refractivity contribution in [3.8, 4) is 0 Å². The Balaban J connectivity index is 1.80. The number of aromatic nitrogens is 4. The molecule has 0 radical (unpaired) electrons. The second-order valence-corrected chi connectivity index (χ2v) is 5.43. The van der Waals surface area contributed by atoms with Gasteiger partial charge in [-0.2, -0.15) is 23.1 Å². The third-order valence-corrected chi connectivity index (χ3v) is 3.78. The number of rotatable bonds is 3. The largest absolute Gasteiger partial charge is 0.417 e. The number of hydrogen-bond donors (Lipinski definition) is 2. The monoisotopic (exact) mass is 333 g/mol. The van der Waals surface area contributed by atoms with Gasteiger partial charge in [0.25, 0.3) is 0 Å². The van der Waals surface area contributed by atoms with Gasteiger partial charge in [0, 0.05) is 10.3 Å². The lowest BCUT2D eigenvalue weighted by Gasteiger charge is -2.05. The Morgan fingerprint density at radius 1 is 1.33 bits per heavy atom. The zero-order valence-corrected chi connectivity index (χ0v) is 11.8. The molecule has 3 aromatic rings. The second kappa shape index (κ2) is 5.15. The van der Waals surface area contributed by atoms with Gasteiger partial charge < -0.3 is 10.3 Å². The predicted molar refractivity (Wildman–Crippen MR) is 73.3 cm³/mol. The summed E-state index contributed by atoms with van der Waals surface area (Å²) in [6.07, 6.45) is -2.89. The molecule has 2 N–H and O–H groups in total. The number of imidazole rings is 1. The van der Waals surface area contributed by atoms with Crippen LogP contribution in [0, 0.1) is 0 Å². The molecule has 0 spiro atoms. The van der Waals surface area contributed by atoms with E-state index in [-0.39, 0.29) is 11.8 Å². The molecule has 3 aromatic heterocycles. The Morgan fingerprint density at radius 3 is 2.86 bits per heavy atom. The van der Waals surface area contributed by atoms with E-state index in [1.165, 1.54) is 6.33 Å². The van der Waals surface area contributed by atoms with Crippen molar-refractivity contribution in [2.75, 3.05) is 5.32 Å². The third-order valence-electron chi connectivity index (χ3n) is 2.67. The van der Waals surface area contributed by atoms with Crippen LogP contribution >= 0.6 is 22.9 Å². The van der Waals surface area contributed by atoms with E-state index in [2.05, 4.69) is 25.3 Å². The first-order valence-electron chi connectivity index (χ1n) is 5.68. The summed E-state index contributed by atoms with van der Waals surface area (Å²) in [5, 5.41) is 4.02. The van der Waals surface area contributed by atoms with E-state index >= 15 is 0 Å². The van der Waals surface area contributed by atoms with E-state index in [0.29, 0.717) is 21.9 Å². The highest BCUT2D eigenvalue weighted by Gasteiger charge is 2.31. The molecule has 0 fully saturated rings. The van der Waals surface area contributed by atoms with Crippen LogP contribution in [0.1, 0.15) is 10.4 Å². The van der Waals surface area contributed by atoms with Crippen molar-refractivity contribution in [1.82, 2.24) is 19.9 Å². The van der Waals surface area contributed by atoms with Crippen LogP contribution in [0.25, 0.3) is 11.2 Å². The summed E-state index contributed by atoms with van der Waals surface area (Å²) in [6, 6.07) is 1.10. The molecule has 0 bridgehead atoms. The van der Waals surface area contributed by atoms with Crippen LogP contribution in [0.3, 0.4) is 0 Å². The zero-order chi connectivity index (χ0) is 15.0. The van der Waals surface area contributed by atoms with Crippen LogP contribution < -0.4 is 5.32 Å². The summed E-state index contributed by atoms with van der Waals surface area (Å²) in [6.45, 7) is 0.197. The predicted octanol–water partition coefficient (Wildman–Crippen LogP) is 3.70. The summed E-state index contributed by atoms with van der Waals surface area (Å²) in [4.78, 5) is 15.2. The summed E-state index contributed by atoms with van der Waals surface area (Å²) in [7, 11) is 0. The molecule has 21 heavy (non-hydrogen) atoms. The van der Waals surface area contributed by atoms with Gasteiger partial charge in [0.15, 0.2) is 11.5 Å². The smallest absolute Gasteiger partial charge is 0.363 e. The number of fused-ring (bicyclic) bond motifs is 1. The van der Waals surface area contributed by atoms with E-state index in [9.17, 15) is 13.2 Å². The SMILES string of the molecule is FC(F)(F)c1csc(CNc2nc(Cl)nc3nc[nH]c23)c1.